The number of fused-ring (bicyclic) bond motifs is 2. The van der Waals surface area contributed by atoms with Gasteiger partial charge in [-0.3, -0.25) is 9.69 Å². The number of ketones is 1. The largest absolute Gasteiger partial charge is 0.450 e. The molecule has 2 heterocycles. The van der Waals surface area contributed by atoms with Crippen LogP contribution < -0.4 is 0 Å². The van der Waals surface area contributed by atoms with Crippen molar-refractivity contribution >= 4 is 11.9 Å². The lowest BCUT2D eigenvalue weighted by molar-refractivity contribution is -0.114. The highest BCUT2D eigenvalue weighted by atomic mass is 16.6. The maximum Gasteiger partial charge on any atom is 0.410 e. The molecule has 0 saturated carbocycles. The third kappa shape index (κ3) is 2.21. The topological polar surface area (TPSA) is 46.6 Å². The Morgan fingerprint density at radius 1 is 1.41 bits per heavy atom. The molecule has 0 aromatic carbocycles. The summed E-state index contributed by atoms with van der Waals surface area (Å²) >= 11 is 0. The Labute approximate surface area is 102 Å². The number of carbonyl (C=O) groups excluding carboxylic acids is 2. The summed E-state index contributed by atoms with van der Waals surface area (Å²) in [6.07, 6.45) is 5.41. The molecule has 2 aliphatic rings. The van der Waals surface area contributed by atoms with Gasteiger partial charge in [0.1, 0.15) is 0 Å². The minimum absolute atomic E-state index is 0.0564. The molecule has 0 aromatic rings. The number of carbonyl (C=O) groups is 2. The minimum atomic E-state index is -0.269. The summed E-state index contributed by atoms with van der Waals surface area (Å²) in [4.78, 5) is 25.3. The van der Waals surface area contributed by atoms with E-state index in [9.17, 15) is 9.59 Å². The lowest BCUT2D eigenvalue weighted by Crippen LogP contribution is -2.42. The quantitative estimate of drug-likeness (QED) is 0.740. The van der Waals surface area contributed by atoms with Gasteiger partial charge in [0.2, 0.25) is 0 Å². The third-order valence-electron chi connectivity index (χ3n) is 3.61. The van der Waals surface area contributed by atoms with E-state index in [4.69, 9.17) is 4.74 Å². The van der Waals surface area contributed by atoms with E-state index in [1.165, 1.54) is 0 Å². The van der Waals surface area contributed by atoms with E-state index < -0.39 is 0 Å². The summed E-state index contributed by atoms with van der Waals surface area (Å²) < 4.78 is 5.09. The maximum atomic E-state index is 11.9. The number of ether oxygens (including phenoxy) is 1. The van der Waals surface area contributed by atoms with Crippen molar-refractivity contribution in [2.45, 2.75) is 51.6 Å². The van der Waals surface area contributed by atoms with Crippen LogP contribution in [0.2, 0.25) is 0 Å². The molecule has 0 spiro atoms. The van der Waals surface area contributed by atoms with Gasteiger partial charge in [-0.15, -0.1) is 0 Å². The molecule has 0 N–H and O–H groups in total. The summed E-state index contributed by atoms with van der Waals surface area (Å²) in [6, 6.07) is 0.186. The Balaban J connectivity index is 2.24. The van der Waals surface area contributed by atoms with Gasteiger partial charge in [0.15, 0.2) is 5.78 Å². The SMILES string of the molecule is CCOC(=O)N1[C@@H]2CCC=C(C(C)=O)[C@H]1CC2. The summed E-state index contributed by atoms with van der Waals surface area (Å²) in [5, 5.41) is 0. The van der Waals surface area contributed by atoms with Crippen LogP contribution in [0.3, 0.4) is 0 Å². The van der Waals surface area contributed by atoms with Gasteiger partial charge in [0, 0.05) is 11.6 Å². The van der Waals surface area contributed by atoms with Gasteiger partial charge in [-0.25, -0.2) is 4.79 Å². The van der Waals surface area contributed by atoms with Gasteiger partial charge in [-0.1, -0.05) is 6.08 Å². The van der Waals surface area contributed by atoms with Crippen molar-refractivity contribution < 1.29 is 14.3 Å². The number of amides is 1. The molecule has 2 atom stereocenters. The zero-order valence-corrected chi connectivity index (χ0v) is 10.4. The van der Waals surface area contributed by atoms with Crippen molar-refractivity contribution in [1.82, 2.24) is 4.90 Å². The summed E-state index contributed by atoms with van der Waals surface area (Å²) in [5.41, 5.74) is 0.790. The predicted octanol–water partition coefficient (Wildman–Crippen LogP) is 2.29. The van der Waals surface area contributed by atoms with Crippen LogP contribution in [0.15, 0.2) is 11.6 Å². The first-order chi connectivity index (χ1) is 8.15. The van der Waals surface area contributed by atoms with Crippen molar-refractivity contribution in [2.75, 3.05) is 6.61 Å². The first-order valence-corrected chi connectivity index (χ1v) is 6.31. The molecule has 1 saturated heterocycles. The molecule has 1 fully saturated rings. The van der Waals surface area contributed by atoms with Gasteiger partial charge in [-0.05, 0) is 39.5 Å². The Bertz CT molecular complexity index is 362. The monoisotopic (exact) mass is 237 g/mol. The Hall–Kier alpha value is -1.32. The van der Waals surface area contributed by atoms with Gasteiger partial charge in [0.25, 0.3) is 0 Å². The van der Waals surface area contributed by atoms with Crippen molar-refractivity contribution in [1.29, 1.82) is 0 Å². The molecule has 0 radical (unpaired) electrons. The second-order valence-electron chi connectivity index (χ2n) is 4.65. The number of hydrogen-bond acceptors (Lipinski definition) is 3. The molecule has 2 aliphatic heterocycles. The zero-order valence-electron chi connectivity index (χ0n) is 10.4. The van der Waals surface area contributed by atoms with Crippen LogP contribution in [0, 0.1) is 0 Å². The molecule has 4 nitrogen and oxygen atoms in total. The van der Waals surface area contributed by atoms with Gasteiger partial charge in [-0.2, -0.15) is 0 Å². The molecular formula is C13H19NO3. The molecule has 1 amide bonds. The zero-order chi connectivity index (χ0) is 12.4. The predicted molar refractivity (Wildman–Crippen MR) is 63.7 cm³/mol. The summed E-state index contributed by atoms with van der Waals surface area (Å²) in [5.74, 6) is 0.0758. The smallest absolute Gasteiger partial charge is 0.410 e. The fraction of sp³-hybridized carbons (Fsp3) is 0.692. The number of rotatable bonds is 2. The fourth-order valence-corrected chi connectivity index (χ4v) is 2.89. The lowest BCUT2D eigenvalue weighted by Gasteiger charge is -2.28. The van der Waals surface area contributed by atoms with Gasteiger partial charge >= 0.3 is 6.09 Å². The van der Waals surface area contributed by atoms with E-state index >= 15 is 0 Å². The number of Topliss-reactive ketones (excluding diaryl/α,β-unsaturated/α-hetero) is 1. The second-order valence-corrected chi connectivity index (χ2v) is 4.65. The van der Waals surface area contributed by atoms with Gasteiger partial charge in [0.05, 0.1) is 12.6 Å². The number of nitrogens with zero attached hydrogens (tertiary/aromatic N) is 1. The van der Waals surface area contributed by atoms with Crippen LogP contribution >= 0.6 is 0 Å². The molecule has 2 bridgehead atoms. The van der Waals surface area contributed by atoms with Crippen molar-refractivity contribution in [3.05, 3.63) is 11.6 Å². The second kappa shape index (κ2) is 4.90. The molecular weight excluding hydrogens is 218 g/mol. The minimum Gasteiger partial charge on any atom is -0.450 e. The van der Waals surface area contributed by atoms with Gasteiger partial charge < -0.3 is 4.74 Å². The third-order valence-corrected chi connectivity index (χ3v) is 3.61. The highest BCUT2D eigenvalue weighted by Gasteiger charge is 2.41. The molecule has 0 aliphatic carbocycles. The van der Waals surface area contributed by atoms with E-state index in [-0.39, 0.29) is 24.0 Å². The molecule has 17 heavy (non-hydrogen) atoms. The van der Waals surface area contributed by atoms with E-state index in [1.54, 1.807) is 18.7 Å². The average molecular weight is 237 g/mol. The van der Waals surface area contributed by atoms with Crippen LogP contribution in [0.1, 0.15) is 39.5 Å². The van der Waals surface area contributed by atoms with E-state index in [1.807, 2.05) is 6.08 Å². The van der Waals surface area contributed by atoms with E-state index in [2.05, 4.69) is 0 Å². The average Bonchev–Trinajstić information content (AvgIpc) is 2.54. The lowest BCUT2D eigenvalue weighted by atomic mass is 9.97. The van der Waals surface area contributed by atoms with Crippen LogP contribution in [-0.4, -0.2) is 35.5 Å². The maximum absolute atomic E-state index is 11.9. The normalized spacial score (nSPS) is 27.4. The summed E-state index contributed by atoms with van der Waals surface area (Å²) in [7, 11) is 0. The van der Waals surface area contributed by atoms with E-state index in [0.29, 0.717) is 6.61 Å². The highest BCUT2D eigenvalue weighted by Crippen LogP contribution is 2.35. The van der Waals surface area contributed by atoms with Crippen LogP contribution in [0.4, 0.5) is 4.79 Å². The highest BCUT2D eigenvalue weighted by molar-refractivity contribution is 5.95. The van der Waals surface area contributed by atoms with Crippen LogP contribution in [0.5, 0.6) is 0 Å². The standard InChI is InChI=1S/C13H19NO3/c1-3-17-13(16)14-10-5-4-6-11(9(2)15)12(14)8-7-10/h6,10,12H,3-5,7-8H2,1-2H3/t10-,12-/m1/s1. The molecule has 0 aromatic heterocycles. The fourth-order valence-electron chi connectivity index (χ4n) is 2.89. The first kappa shape index (κ1) is 12.1. The molecule has 2 rings (SSSR count). The van der Waals surface area contributed by atoms with Crippen molar-refractivity contribution in [2.24, 2.45) is 0 Å². The van der Waals surface area contributed by atoms with Crippen LogP contribution in [-0.2, 0) is 9.53 Å². The first-order valence-electron chi connectivity index (χ1n) is 6.31. The van der Waals surface area contributed by atoms with E-state index in [0.717, 1.165) is 31.3 Å². The number of hydrogen-bond donors (Lipinski definition) is 0. The Kier molecular flexibility index (Phi) is 3.50. The summed E-state index contributed by atoms with van der Waals surface area (Å²) in [6.45, 7) is 3.76. The molecule has 0 unspecified atom stereocenters. The molecule has 94 valence electrons. The van der Waals surface area contributed by atoms with Crippen LogP contribution in [0.25, 0.3) is 0 Å². The molecule has 4 heteroatoms. The Morgan fingerprint density at radius 2 is 2.18 bits per heavy atom. The number of allylic oxidation sites excluding steroid dienone is 1. The van der Waals surface area contributed by atoms with Crippen molar-refractivity contribution in [3.8, 4) is 0 Å². The Morgan fingerprint density at radius 3 is 2.82 bits per heavy atom. The van der Waals surface area contributed by atoms with Crippen molar-refractivity contribution in [3.63, 3.8) is 0 Å².